The number of aromatic hydroxyl groups is 1. The minimum absolute atomic E-state index is 0.00268. The molecule has 0 saturated carbocycles. The summed E-state index contributed by atoms with van der Waals surface area (Å²) in [5.74, 6) is 0.282. The van der Waals surface area contributed by atoms with E-state index in [0.717, 1.165) is 12.0 Å². The summed E-state index contributed by atoms with van der Waals surface area (Å²) < 4.78 is 0. The van der Waals surface area contributed by atoms with E-state index in [9.17, 15) is 5.11 Å². The van der Waals surface area contributed by atoms with Crippen molar-refractivity contribution in [2.45, 2.75) is 12.5 Å². The van der Waals surface area contributed by atoms with Crippen molar-refractivity contribution in [2.75, 3.05) is 6.54 Å². The van der Waals surface area contributed by atoms with E-state index in [1.807, 2.05) is 24.3 Å². The lowest BCUT2D eigenvalue weighted by atomic mass is 10.1. The summed E-state index contributed by atoms with van der Waals surface area (Å²) in [7, 11) is 0. The molecule has 1 aromatic rings. The van der Waals surface area contributed by atoms with E-state index in [0.29, 0.717) is 6.54 Å². The van der Waals surface area contributed by atoms with Crippen LogP contribution in [0.3, 0.4) is 0 Å². The molecule has 0 fully saturated rings. The van der Waals surface area contributed by atoms with Gasteiger partial charge in [0.2, 0.25) is 0 Å². The molecule has 0 aromatic heterocycles. The van der Waals surface area contributed by atoms with Gasteiger partial charge in [0.15, 0.2) is 0 Å². The molecule has 0 aliphatic heterocycles. The predicted molar refractivity (Wildman–Crippen MR) is 58.8 cm³/mol. The molecule has 3 heteroatoms. The Labute approximate surface area is 84.0 Å². The minimum atomic E-state index is -0.00268. The summed E-state index contributed by atoms with van der Waals surface area (Å²) in [4.78, 5) is 0. The molecular weight excluding hydrogens is 176 g/mol. The maximum atomic E-state index is 9.43. The van der Waals surface area contributed by atoms with Gasteiger partial charge in [0.1, 0.15) is 5.75 Å². The number of hydrogen-bond donors (Lipinski definition) is 3. The lowest BCUT2D eigenvalue weighted by Gasteiger charge is -2.03. The van der Waals surface area contributed by atoms with Crippen LogP contribution in [-0.2, 0) is 0 Å². The molecule has 0 saturated heterocycles. The fourth-order valence-corrected chi connectivity index (χ4v) is 1.09. The molecule has 76 valence electrons. The van der Waals surface area contributed by atoms with Crippen LogP contribution in [0.25, 0.3) is 6.08 Å². The highest BCUT2D eigenvalue weighted by atomic mass is 16.3. The summed E-state index contributed by atoms with van der Waals surface area (Å²) in [5, 5.41) is 9.43. The third kappa shape index (κ3) is 3.20. The van der Waals surface area contributed by atoms with Gasteiger partial charge in [-0.15, -0.1) is 0 Å². The average Bonchev–Trinajstić information content (AvgIpc) is 2.20. The zero-order chi connectivity index (χ0) is 10.4. The molecule has 1 unspecified atom stereocenters. The average molecular weight is 192 g/mol. The van der Waals surface area contributed by atoms with Gasteiger partial charge in [0.05, 0.1) is 0 Å². The van der Waals surface area contributed by atoms with Crippen LogP contribution in [0.4, 0.5) is 0 Å². The third-order valence-electron chi connectivity index (χ3n) is 1.98. The molecule has 1 rings (SSSR count). The first-order chi connectivity index (χ1) is 6.74. The van der Waals surface area contributed by atoms with E-state index in [2.05, 4.69) is 0 Å². The van der Waals surface area contributed by atoms with Crippen molar-refractivity contribution in [3.8, 4) is 5.75 Å². The largest absolute Gasteiger partial charge is 0.507 e. The van der Waals surface area contributed by atoms with Gasteiger partial charge in [-0.1, -0.05) is 30.4 Å². The van der Waals surface area contributed by atoms with Gasteiger partial charge >= 0.3 is 0 Å². The standard InChI is InChI=1S/C11H16N2O/c12-8-10(13)6-3-5-9-4-1-2-7-11(9)14/h1-5,7,10,14H,6,8,12-13H2. The van der Waals surface area contributed by atoms with Gasteiger partial charge in [-0.25, -0.2) is 0 Å². The van der Waals surface area contributed by atoms with Gasteiger partial charge in [-0.2, -0.15) is 0 Å². The van der Waals surface area contributed by atoms with Crippen molar-refractivity contribution >= 4 is 6.08 Å². The molecule has 0 amide bonds. The molecule has 0 bridgehead atoms. The molecule has 5 N–H and O–H groups in total. The molecule has 0 radical (unpaired) electrons. The highest BCUT2D eigenvalue weighted by molar-refractivity contribution is 5.56. The van der Waals surface area contributed by atoms with Crippen molar-refractivity contribution in [1.29, 1.82) is 0 Å². The zero-order valence-electron chi connectivity index (χ0n) is 8.06. The van der Waals surface area contributed by atoms with Crippen LogP contribution in [0.2, 0.25) is 0 Å². The van der Waals surface area contributed by atoms with E-state index in [1.165, 1.54) is 0 Å². The molecule has 0 aliphatic carbocycles. The summed E-state index contributed by atoms with van der Waals surface area (Å²) in [5.41, 5.74) is 11.8. The molecule has 14 heavy (non-hydrogen) atoms. The molecule has 0 heterocycles. The topological polar surface area (TPSA) is 72.3 Å². The number of phenolic OH excluding ortho intramolecular Hbond substituents is 1. The highest BCUT2D eigenvalue weighted by Gasteiger charge is 1.96. The SMILES string of the molecule is NCC(N)CC=Cc1ccccc1O. The highest BCUT2D eigenvalue weighted by Crippen LogP contribution is 2.17. The van der Waals surface area contributed by atoms with Crippen molar-refractivity contribution in [2.24, 2.45) is 11.5 Å². The minimum Gasteiger partial charge on any atom is -0.507 e. The Morgan fingerprint density at radius 1 is 1.36 bits per heavy atom. The first-order valence-corrected chi connectivity index (χ1v) is 4.64. The third-order valence-corrected chi connectivity index (χ3v) is 1.98. The number of benzene rings is 1. The number of para-hydroxylation sites is 1. The maximum absolute atomic E-state index is 9.43. The van der Waals surface area contributed by atoms with Crippen molar-refractivity contribution in [1.82, 2.24) is 0 Å². The smallest absolute Gasteiger partial charge is 0.122 e. The summed E-state index contributed by atoms with van der Waals surface area (Å²) in [6.45, 7) is 0.477. The Hall–Kier alpha value is -1.32. The normalized spacial score (nSPS) is 13.3. The fraction of sp³-hybridized carbons (Fsp3) is 0.273. The predicted octanol–water partition coefficient (Wildman–Crippen LogP) is 1.08. The maximum Gasteiger partial charge on any atom is 0.122 e. The van der Waals surface area contributed by atoms with Crippen LogP contribution >= 0.6 is 0 Å². The summed E-state index contributed by atoms with van der Waals surface area (Å²) >= 11 is 0. The van der Waals surface area contributed by atoms with E-state index >= 15 is 0 Å². The quantitative estimate of drug-likeness (QED) is 0.668. The molecule has 3 nitrogen and oxygen atoms in total. The second-order valence-corrected chi connectivity index (χ2v) is 3.19. The van der Waals surface area contributed by atoms with E-state index in [-0.39, 0.29) is 11.8 Å². The molecule has 1 atom stereocenters. The Kier molecular flexibility index (Phi) is 4.16. The number of rotatable bonds is 4. The molecule has 1 aromatic carbocycles. The van der Waals surface area contributed by atoms with Crippen LogP contribution in [-0.4, -0.2) is 17.7 Å². The first kappa shape index (κ1) is 10.8. The van der Waals surface area contributed by atoms with Crippen LogP contribution in [0.1, 0.15) is 12.0 Å². The number of hydrogen-bond acceptors (Lipinski definition) is 3. The number of phenols is 1. The first-order valence-electron chi connectivity index (χ1n) is 4.64. The Bertz CT molecular complexity index is 310. The molecule has 0 spiro atoms. The van der Waals surface area contributed by atoms with Gasteiger partial charge < -0.3 is 16.6 Å². The lowest BCUT2D eigenvalue weighted by molar-refractivity contribution is 0.474. The fourth-order valence-electron chi connectivity index (χ4n) is 1.09. The summed E-state index contributed by atoms with van der Waals surface area (Å²) in [6, 6.07) is 7.17. The van der Waals surface area contributed by atoms with Gasteiger partial charge in [-0.05, 0) is 12.5 Å². The monoisotopic (exact) mass is 192 g/mol. The Morgan fingerprint density at radius 2 is 2.07 bits per heavy atom. The van der Waals surface area contributed by atoms with Gasteiger partial charge in [0.25, 0.3) is 0 Å². The Balaban J connectivity index is 2.56. The Morgan fingerprint density at radius 3 is 2.71 bits per heavy atom. The van der Waals surface area contributed by atoms with Crippen molar-refractivity contribution in [3.05, 3.63) is 35.9 Å². The lowest BCUT2D eigenvalue weighted by Crippen LogP contribution is -2.28. The van der Waals surface area contributed by atoms with Crippen LogP contribution < -0.4 is 11.5 Å². The zero-order valence-corrected chi connectivity index (χ0v) is 8.06. The van der Waals surface area contributed by atoms with Gasteiger partial charge in [0, 0.05) is 18.2 Å². The second-order valence-electron chi connectivity index (χ2n) is 3.19. The summed E-state index contributed by atoms with van der Waals surface area (Å²) in [6.07, 6.45) is 4.50. The second kappa shape index (κ2) is 5.42. The molecular formula is C11H16N2O. The van der Waals surface area contributed by atoms with Crippen LogP contribution in [0, 0.1) is 0 Å². The van der Waals surface area contributed by atoms with Crippen LogP contribution in [0.15, 0.2) is 30.3 Å². The van der Waals surface area contributed by atoms with Crippen molar-refractivity contribution < 1.29 is 5.11 Å². The number of nitrogens with two attached hydrogens (primary N) is 2. The van der Waals surface area contributed by atoms with Crippen LogP contribution in [0.5, 0.6) is 5.75 Å². The van der Waals surface area contributed by atoms with Crippen molar-refractivity contribution in [3.63, 3.8) is 0 Å². The molecule has 0 aliphatic rings. The van der Waals surface area contributed by atoms with Gasteiger partial charge in [-0.3, -0.25) is 0 Å². The van der Waals surface area contributed by atoms with E-state index in [1.54, 1.807) is 12.1 Å². The van der Waals surface area contributed by atoms with E-state index in [4.69, 9.17) is 11.5 Å². The van der Waals surface area contributed by atoms with E-state index < -0.39 is 0 Å².